The van der Waals surface area contributed by atoms with Crippen LogP contribution in [0.1, 0.15) is 15.9 Å². The summed E-state index contributed by atoms with van der Waals surface area (Å²) in [5.74, 6) is -0.201. The molecule has 0 radical (unpaired) electrons. The summed E-state index contributed by atoms with van der Waals surface area (Å²) in [6.45, 7) is 0.159. The highest BCUT2D eigenvalue weighted by atomic mass is 19.4. The number of rotatable bonds is 6. The van der Waals surface area contributed by atoms with Crippen LogP contribution in [0.4, 0.5) is 13.2 Å². The van der Waals surface area contributed by atoms with Gasteiger partial charge >= 0.3 is 6.36 Å². The van der Waals surface area contributed by atoms with Crippen molar-refractivity contribution in [2.45, 2.75) is 13.0 Å². The van der Waals surface area contributed by atoms with Crippen LogP contribution in [0.3, 0.4) is 0 Å². The second-order valence-electron chi connectivity index (χ2n) is 5.69. The number of alkyl halides is 3. The summed E-state index contributed by atoms with van der Waals surface area (Å²) in [6, 6.07) is 19.8. The first kappa shape index (κ1) is 18.5. The van der Waals surface area contributed by atoms with E-state index in [-0.39, 0.29) is 12.4 Å². The number of benzene rings is 3. The number of halogens is 3. The van der Waals surface area contributed by atoms with Crippen molar-refractivity contribution >= 4 is 6.29 Å². The predicted molar refractivity (Wildman–Crippen MR) is 94.7 cm³/mol. The zero-order chi connectivity index (χ0) is 19.3. The molecule has 3 aromatic carbocycles. The number of carbonyl (C=O) groups excluding carboxylic acids is 1. The van der Waals surface area contributed by atoms with E-state index < -0.39 is 12.1 Å². The minimum absolute atomic E-state index is 0.159. The lowest BCUT2D eigenvalue weighted by Crippen LogP contribution is -2.17. The Bertz CT molecular complexity index is 921. The van der Waals surface area contributed by atoms with Crippen LogP contribution in [0.15, 0.2) is 72.8 Å². The third-order valence-corrected chi connectivity index (χ3v) is 3.80. The zero-order valence-electron chi connectivity index (χ0n) is 14.1. The smallest absolute Gasteiger partial charge is 0.488 e. The Kier molecular flexibility index (Phi) is 5.45. The molecule has 0 unspecified atom stereocenters. The van der Waals surface area contributed by atoms with Crippen LogP contribution < -0.4 is 9.47 Å². The molecule has 0 aliphatic rings. The van der Waals surface area contributed by atoms with Crippen LogP contribution in [0.25, 0.3) is 11.1 Å². The molecule has 0 saturated carbocycles. The highest BCUT2D eigenvalue weighted by Gasteiger charge is 2.31. The van der Waals surface area contributed by atoms with Gasteiger partial charge in [-0.1, -0.05) is 54.6 Å². The van der Waals surface area contributed by atoms with E-state index in [9.17, 15) is 18.0 Å². The summed E-state index contributed by atoms with van der Waals surface area (Å²) in [5.41, 5.74) is 2.33. The molecule has 0 aromatic heterocycles. The fourth-order valence-electron chi connectivity index (χ4n) is 2.62. The first-order chi connectivity index (χ1) is 13.0. The Morgan fingerprint density at radius 3 is 2.26 bits per heavy atom. The summed E-state index contributed by atoms with van der Waals surface area (Å²) >= 11 is 0. The van der Waals surface area contributed by atoms with E-state index in [0.29, 0.717) is 23.0 Å². The Morgan fingerprint density at radius 2 is 1.56 bits per heavy atom. The quantitative estimate of drug-likeness (QED) is 0.525. The largest absolute Gasteiger partial charge is 0.573 e. The van der Waals surface area contributed by atoms with Crippen molar-refractivity contribution in [2.24, 2.45) is 0 Å². The molecule has 0 heterocycles. The monoisotopic (exact) mass is 372 g/mol. The molecule has 3 aromatic rings. The van der Waals surface area contributed by atoms with E-state index in [1.807, 2.05) is 30.3 Å². The van der Waals surface area contributed by atoms with Crippen molar-refractivity contribution in [3.05, 3.63) is 83.9 Å². The van der Waals surface area contributed by atoms with Gasteiger partial charge in [-0.3, -0.25) is 4.79 Å². The van der Waals surface area contributed by atoms with Crippen LogP contribution in [0.5, 0.6) is 11.5 Å². The second kappa shape index (κ2) is 7.95. The van der Waals surface area contributed by atoms with E-state index in [4.69, 9.17) is 4.74 Å². The number of hydrogen-bond acceptors (Lipinski definition) is 3. The average Bonchev–Trinajstić information content (AvgIpc) is 2.66. The van der Waals surface area contributed by atoms with Gasteiger partial charge < -0.3 is 9.47 Å². The minimum atomic E-state index is -4.81. The van der Waals surface area contributed by atoms with Crippen molar-refractivity contribution in [3.63, 3.8) is 0 Å². The van der Waals surface area contributed by atoms with Gasteiger partial charge in [0.2, 0.25) is 0 Å². The Labute approximate surface area is 154 Å². The SMILES string of the molecule is O=Cc1ccccc1-c1ccc(OC(F)(F)F)cc1OCc1ccccc1. The van der Waals surface area contributed by atoms with E-state index in [1.54, 1.807) is 24.3 Å². The van der Waals surface area contributed by atoms with Crippen molar-refractivity contribution in [2.75, 3.05) is 0 Å². The molecule has 0 aliphatic carbocycles. The third kappa shape index (κ3) is 4.88. The van der Waals surface area contributed by atoms with Crippen molar-refractivity contribution in [1.29, 1.82) is 0 Å². The lowest BCUT2D eigenvalue weighted by Gasteiger charge is -2.16. The number of aldehydes is 1. The molecule has 0 saturated heterocycles. The summed E-state index contributed by atoms with van der Waals surface area (Å²) in [6.07, 6.45) is -4.12. The molecule has 0 atom stereocenters. The van der Waals surface area contributed by atoms with Crippen molar-refractivity contribution in [1.82, 2.24) is 0 Å². The maximum absolute atomic E-state index is 12.6. The average molecular weight is 372 g/mol. The molecule has 6 heteroatoms. The molecule has 27 heavy (non-hydrogen) atoms. The van der Waals surface area contributed by atoms with Gasteiger partial charge in [-0.05, 0) is 23.3 Å². The van der Waals surface area contributed by atoms with Gasteiger partial charge in [0, 0.05) is 17.2 Å². The van der Waals surface area contributed by atoms with Gasteiger partial charge in [0.05, 0.1) is 0 Å². The molecule has 3 nitrogen and oxygen atoms in total. The first-order valence-electron chi connectivity index (χ1n) is 8.07. The third-order valence-electron chi connectivity index (χ3n) is 3.80. The maximum atomic E-state index is 12.6. The van der Waals surface area contributed by atoms with Gasteiger partial charge in [-0.15, -0.1) is 13.2 Å². The van der Waals surface area contributed by atoms with Gasteiger partial charge in [0.25, 0.3) is 0 Å². The van der Waals surface area contributed by atoms with Gasteiger partial charge in [-0.25, -0.2) is 0 Å². The lowest BCUT2D eigenvalue weighted by molar-refractivity contribution is -0.274. The summed E-state index contributed by atoms with van der Waals surface area (Å²) in [7, 11) is 0. The van der Waals surface area contributed by atoms with Gasteiger partial charge in [0.15, 0.2) is 6.29 Å². The fourth-order valence-corrected chi connectivity index (χ4v) is 2.62. The van der Waals surface area contributed by atoms with E-state index >= 15 is 0 Å². The zero-order valence-corrected chi connectivity index (χ0v) is 14.1. The predicted octanol–water partition coefficient (Wildman–Crippen LogP) is 5.64. The highest BCUT2D eigenvalue weighted by molar-refractivity contribution is 5.89. The molecule has 3 rings (SSSR count). The highest BCUT2D eigenvalue weighted by Crippen LogP contribution is 2.37. The van der Waals surface area contributed by atoms with E-state index in [2.05, 4.69) is 4.74 Å². The van der Waals surface area contributed by atoms with Crippen molar-refractivity contribution in [3.8, 4) is 22.6 Å². The molecule has 0 bridgehead atoms. The van der Waals surface area contributed by atoms with Gasteiger partial charge in [0.1, 0.15) is 18.1 Å². The summed E-state index contributed by atoms with van der Waals surface area (Å²) in [4.78, 5) is 11.3. The fraction of sp³-hybridized carbons (Fsp3) is 0.0952. The van der Waals surface area contributed by atoms with E-state index in [1.165, 1.54) is 18.2 Å². The molecular weight excluding hydrogens is 357 g/mol. The van der Waals surface area contributed by atoms with Crippen LogP contribution in [0.2, 0.25) is 0 Å². The number of hydrogen-bond donors (Lipinski definition) is 0. The molecule has 0 amide bonds. The standard InChI is InChI=1S/C21H15F3O3/c22-21(23,24)27-17-10-11-19(18-9-5-4-8-16(18)13-25)20(12-17)26-14-15-6-2-1-3-7-15/h1-13H,14H2. The normalized spacial score (nSPS) is 11.1. The Morgan fingerprint density at radius 1 is 0.852 bits per heavy atom. The molecule has 138 valence electrons. The molecular formula is C21H15F3O3. The summed E-state index contributed by atoms with van der Waals surface area (Å²) < 4.78 is 47.4. The van der Waals surface area contributed by atoms with Crippen LogP contribution in [-0.4, -0.2) is 12.6 Å². The summed E-state index contributed by atoms with van der Waals surface area (Å²) in [5, 5.41) is 0. The van der Waals surface area contributed by atoms with E-state index in [0.717, 1.165) is 5.56 Å². The maximum Gasteiger partial charge on any atom is 0.573 e. The molecule has 0 spiro atoms. The number of carbonyl (C=O) groups is 1. The molecule has 0 N–H and O–H groups in total. The van der Waals surface area contributed by atoms with Gasteiger partial charge in [-0.2, -0.15) is 0 Å². The number of ether oxygens (including phenoxy) is 2. The van der Waals surface area contributed by atoms with Crippen LogP contribution >= 0.6 is 0 Å². The second-order valence-corrected chi connectivity index (χ2v) is 5.69. The molecule has 0 fully saturated rings. The van der Waals surface area contributed by atoms with Crippen LogP contribution in [-0.2, 0) is 6.61 Å². The Hall–Kier alpha value is -3.28. The topological polar surface area (TPSA) is 35.5 Å². The van der Waals surface area contributed by atoms with Crippen LogP contribution in [0, 0.1) is 0 Å². The lowest BCUT2D eigenvalue weighted by atomic mass is 9.99. The van der Waals surface area contributed by atoms with Crippen molar-refractivity contribution < 1.29 is 27.4 Å². The first-order valence-corrected chi connectivity index (χ1v) is 8.07. The Balaban J connectivity index is 1.99. The minimum Gasteiger partial charge on any atom is -0.488 e. The molecule has 0 aliphatic heterocycles.